The number of rotatable bonds is 5. The summed E-state index contributed by atoms with van der Waals surface area (Å²) >= 11 is 0. The molecule has 0 atom stereocenters. The number of carbonyl (C=O) groups is 1. The minimum atomic E-state index is -0.358. The van der Waals surface area contributed by atoms with Crippen LogP contribution in [0.15, 0.2) is 12.2 Å². The molecule has 4 nitrogen and oxygen atoms in total. The third kappa shape index (κ3) is 4.65. The summed E-state index contributed by atoms with van der Waals surface area (Å²) in [6.45, 7) is 9.51. The topological polar surface area (TPSA) is 38.8 Å². The zero-order valence-corrected chi connectivity index (χ0v) is 8.66. The highest BCUT2D eigenvalue weighted by atomic mass is 16.9. The Hall–Kier alpha value is -0.870. The third-order valence-corrected chi connectivity index (χ3v) is 1.22. The molecule has 0 aromatic heterocycles. The molecule has 0 bridgehead atoms. The van der Waals surface area contributed by atoms with Gasteiger partial charge < -0.3 is 0 Å². The molecule has 0 rings (SSSR count). The number of carbonyl (C=O) groups excluding carboxylic acids is 1. The molecule has 0 heterocycles. The van der Waals surface area contributed by atoms with Crippen molar-refractivity contribution in [3.8, 4) is 0 Å². The van der Waals surface area contributed by atoms with Gasteiger partial charge in [0.2, 0.25) is 0 Å². The first-order chi connectivity index (χ1) is 5.99. The fourth-order valence-electron chi connectivity index (χ4n) is 0.567. The summed E-state index contributed by atoms with van der Waals surface area (Å²) in [5.74, 6) is -0.0151. The van der Waals surface area contributed by atoms with Gasteiger partial charge in [-0.05, 0) is 12.8 Å². The van der Waals surface area contributed by atoms with Crippen molar-refractivity contribution in [3.63, 3.8) is 0 Å². The lowest BCUT2D eigenvalue weighted by Gasteiger charge is -2.19. The van der Waals surface area contributed by atoms with E-state index in [0.29, 0.717) is 18.1 Å². The van der Waals surface area contributed by atoms with Crippen molar-refractivity contribution in [2.45, 2.75) is 20.8 Å². The van der Waals surface area contributed by atoms with Gasteiger partial charge in [0.15, 0.2) is 0 Å². The molecular weight excluding hydrogens is 170 g/mol. The van der Waals surface area contributed by atoms with Gasteiger partial charge in [-0.2, -0.15) is 0 Å². The molecular formula is C9H17NO3. The molecule has 0 unspecified atom stereocenters. The number of amides is 1. The van der Waals surface area contributed by atoms with E-state index in [1.165, 1.54) is 7.11 Å². The van der Waals surface area contributed by atoms with E-state index in [4.69, 9.17) is 9.68 Å². The maximum atomic E-state index is 11.3. The minimum absolute atomic E-state index is 0.343. The third-order valence-electron chi connectivity index (χ3n) is 1.22. The van der Waals surface area contributed by atoms with Gasteiger partial charge in [-0.3, -0.25) is 4.79 Å². The summed E-state index contributed by atoms with van der Waals surface area (Å²) in [6.07, 6.45) is 0. The Kier molecular flexibility index (Phi) is 5.34. The molecule has 0 aliphatic heterocycles. The lowest BCUT2D eigenvalue weighted by atomic mass is 10.2. The van der Waals surface area contributed by atoms with Crippen LogP contribution in [0.2, 0.25) is 0 Å². The highest BCUT2D eigenvalue weighted by Gasteiger charge is 2.14. The van der Waals surface area contributed by atoms with E-state index in [9.17, 15) is 4.79 Å². The summed E-state index contributed by atoms with van der Waals surface area (Å²) in [4.78, 5) is 21.1. The van der Waals surface area contributed by atoms with E-state index in [-0.39, 0.29) is 5.91 Å². The van der Waals surface area contributed by atoms with Crippen molar-refractivity contribution >= 4 is 5.91 Å². The Bertz CT molecular complexity index is 189. The summed E-state index contributed by atoms with van der Waals surface area (Å²) < 4.78 is 0. The van der Waals surface area contributed by atoms with Gasteiger partial charge in [0, 0.05) is 5.57 Å². The number of hydrogen-bond acceptors (Lipinski definition) is 3. The van der Waals surface area contributed by atoms with Gasteiger partial charge in [0.1, 0.15) is 0 Å². The highest BCUT2D eigenvalue weighted by molar-refractivity contribution is 5.90. The van der Waals surface area contributed by atoms with Crippen LogP contribution in [0.5, 0.6) is 0 Å². The number of nitrogens with zero attached hydrogens (tertiary/aromatic N) is 1. The lowest BCUT2D eigenvalue weighted by Crippen LogP contribution is -2.31. The summed E-state index contributed by atoms with van der Waals surface area (Å²) in [6, 6.07) is 0. The standard InChI is InChI=1S/C9H17NO3/c1-7(2)6-13-10(12-5)9(11)8(3)4/h7H,3,6H2,1-2,4-5H3. The van der Waals surface area contributed by atoms with Crippen LogP contribution in [0.4, 0.5) is 0 Å². The second-order valence-corrected chi connectivity index (χ2v) is 3.21. The van der Waals surface area contributed by atoms with Crippen molar-refractivity contribution in [3.05, 3.63) is 12.2 Å². The van der Waals surface area contributed by atoms with Crippen LogP contribution >= 0.6 is 0 Å². The summed E-state index contributed by atoms with van der Waals surface area (Å²) in [5.41, 5.74) is 0.380. The molecule has 13 heavy (non-hydrogen) atoms. The average molecular weight is 187 g/mol. The molecule has 0 saturated carbocycles. The zero-order valence-electron chi connectivity index (χ0n) is 8.66. The molecule has 4 heteroatoms. The average Bonchev–Trinajstić information content (AvgIpc) is 2.04. The van der Waals surface area contributed by atoms with Gasteiger partial charge in [0.05, 0.1) is 13.7 Å². The van der Waals surface area contributed by atoms with Crippen LogP contribution in [0.1, 0.15) is 20.8 Å². The van der Waals surface area contributed by atoms with E-state index in [2.05, 4.69) is 6.58 Å². The SMILES string of the molecule is C=C(C)C(=O)N(OC)OCC(C)C. The monoisotopic (exact) mass is 187 g/mol. The zero-order chi connectivity index (χ0) is 10.4. The number of hydroxylamine groups is 2. The molecule has 76 valence electrons. The van der Waals surface area contributed by atoms with E-state index in [0.717, 1.165) is 5.23 Å². The second-order valence-electron chi connectivity index (χ2n) is 3.21. The van der Waals surface area contributed by atoms with Gasteiger partial charge in [-0.15, -0.1) is 0 Å². The largest absolute Gasteiger partial charge is 0.299 e. The van der Waals surface area contributed by atoms with Gasteiger partial charge in [-0.1, -0.05) is 25.7 Å². The summed E-state index contributed by atoms with van der Waals surface area (Å²) in [5, 5.41) is 0.850. The molecule has 1 amide bonds. The molecule has 0 aromatic carbocycles. The smallest absolute Gasteiger partial charge is 0.265 e. The summed E-state index contributed by atoms with van der Waals surface area (Å²) in [7, 11) is 1.38. The lowest BCUT2D eigenvalue weighted by molar-refractivity contribution is -0.330. The molecule has 0 spiro atoms. The van der Waals surface area contributed by atoms with Crippen molar-refractivity contribution in [2.24, 2.45) is 5.92 Å². The van der Waals surface area contributed by atoms with Crippen molar-refractivity contribution in [1.29, 1.82) is 0 Å². The molecule has 0 radical (unpaired) electrons. The first-order valence-corrected chi connectivity index (χ1v) is 4.16. The molecule has 0 N–H and O–H groups in total. The predicted molar refractivity (Wildman–Crippen MR) is 49.5 cm³/mol. The Balaban J connectivity index is 4.03. The molecule has 0 aliphatic carbocycles. The fourth-order valence-corrected chi connectivity index (χ4v) is 0.567. The maximum absolute atomic E-state index is 11.3. The minimum Gasteiger partial charge on any atom is -0.265 e. The maximum Gasteiger partial charge on any atom is 0.299 e. The Morgan fingerprint density at radius 1 is 1.54 bits per heavy atom. The van der Waals surface area contributed by atoms with E-state index in [1.807, 2.05) is 13.8 Å². The van der Waals surface area contributed by atoms with Crippen LogP contribution in [-0.2, 0) is 14.5 Å². The van der Waals surface area contributed by atoms with Gasteiger partial charge in [0.25, 0.3) is 5.91 Å². The van der Waals surface area contributed by atoms with Crippen LogP contribution in [0.3, 0.4) is 0 Å². The first kappa shape index (κ1) is 12.1. The van der Waals surface area contributed by atoms with Crippen LogP contribution in [-0.4, -0.2) is 24.9 Å². The number of hydrogen-bond donors (Lipinski definition) is 0. The van der Waals surface area contributed by atoms with Crippen LogP contribution < -0.4 is 0 Å². The highest BCUT2D eigenvalue weighted by Crippen LogP contribution is 2.02. The van der Waals surface area contributed by atoms with Crippen molar-refractivity contribution in [2.75, 3.05) is 13.7 Å². The Morgan fingerprint density at radius 3 is 2.38 bits per heavy atom. The van der Waals surface area contributed by atoms with E-state index < -0.39 is 0 Å². The van der Waals surface area contributed by atoms with Crippen molar-refractivity contribution < 1.29 is 14.5 Å². The van der Waals surface area contributed by atoms with E-state index in [1.54, 1.807) is 6.92 Å². The quantitative estimate of drug-likeness (QED) is 0.484. The van der Waals surface area contributed by atoms with E-state index >= 15 is 0 Å². The second kappa shape index (κ2) is 5.72. The molecule has 0 saturated heterocycles. The Morgan fingerprint density at radius 2 is 2.08 bits per heavy atom. The van der Waals surface area contributed by atoms with Crippen LogP contribution in [0.25, 0.3) is 0 Å². The normalized spacial score (nSPS) is 10.2. The Labute approximate surface area is 79.0 Å². The molecule has 0 fully saturated rings. The van der Waals surface area contributed by atoms with Crippen LogP contribution in [0, 0.1) is 5.92 Å². The predicted octanol–water partition coefficient (Wildman–Crippen LogP) is 1.54. The van der Waals surface area contributed by atoms with Crippen molar-refractivity contribution in [1.82, 2.24) is 5.23 Å². The molecule has 0 aliphatic rings. The first-order valence-electron chi connectivity index (χ1n) is 4.16. The van der Waals surface area contributed by atoms with Gasteiger partial charge >= 0.3 is 0 Å². The molecule has 0 aromatic rings. The van der Waals surface area contributed by atoms with Gasteiger partial charge in [-0.25, -0.2) is 9.68 Å². The fraction of sp³-hybridized carbons (Fsp3) is 0.667.